The minimum absolute atomic E-state index is 0.214. The Bertz CT molecular complexity index is 783. The third kappa shape index (κ3) is 3.76. The van der Waals surface area contributed by atoms with E-state index in [0.29, 0.717) is 44.0 Å². The number of aliphatic carboxylic acids is 1. The molecular formula is C18H22N2O5. The van der Waals surface area contributed by atoms with Crippen molar-refractivity contribution in [1.29, 1.82) is 0 Å². The summed E-state index contributed by atoms with van der Waals surface area (Å²) in [5.74, 6) is -0.389. The lowest BCUT2D eigenvalue weighted by molar-refractivity contribution is -0.143. The average Bonchev–Trinajstić information content (AvgIpc) is 2.96. The van der Waals surface area contributed by atoms with Crippen LogP contribution in [-0.2, 0) is 20.7 Å². The molecule has 1 aromatic carbocycles. The first kappa shape index (κ1) is 17.3. The summed E-state index contributed by atoms with van der Waals surface area (Å²) < 4.78 is 10.6. The van der Waals surface area contributed by atoms with Crippen molar-refractivity contribution in [3.8, 4) is 5.75 Å². The number of carbonyl (C=O) groups is 2. The predicted octanol–water partition coefficient (Wildman–Crippen LogP) is 2.16. The lowest BCUT2D eigenvalue weighted by atomic mass is 9.99. The minimum atomic E-state index is -0.886. The van der Waals surface area contributed by atoms with Crippen LogP contribution in [0.5, 0.6) is 5.75 Å². The summed E-state index contributed by atoms with van der Waals surface area (Å²) in [5.41, 5.74) is 2.64. The molecule has 2 aromatic rings. The maximum atomic E-state index is 11.4. The summed E-state index contributed by atoms with van der Waals surface area (Å²) in [6.45, 7) is 3.23. The number of carboxylic acid groups (broad SMARTS) is 1. The summed E-state index contributed by atoms with van der Waals surface area (Å²) in [7, 11) is 0. The average molecular weight is 346 g/mol. The summed E-state index contributed by atoms with van der Waals surface area (Å²) in [4.78, 5) is 25.9. The zero-order valence-electron chi connectivity index (χ0n) is 14.1. The van der Waals surface area contributed by atoms with Gasteiger partial charge in [0.2, 0.25) is 0 Å². The second-order valence-corrected chi connectivity index (χ2v) is 5.96. The zero-order chi connectivity index (χ0) is 17.8. The quantitative estimate of drug-likeness (QED) is 0.525. The summed E-state index contributed by atoms with van der Waals surface area (Å²) in [6, 6.07) is 4.97. The van der Waals surface area contributed by atoms with Crippen molar-refractivity contribution in [2.24, 2.45) is 0 Å². The molecule has 3 rings (SSSR count). The molecule has 1 aliphatic heterocycles. The number of fused-ring (bicyclic) bond motifs is 3. The minimum Gasteiger partial charge on any atom is -0.494 e. The number of aromatic amines is 1. The first-order valence-corrected chi connectivity index (χ1v) is 8.49. The normalized spacial score (nSPS) is 16.4. The van der Waals surface area contributed by atoms with E-state index >= 15 is 0 Å². The van der Waals surface area contributed by atoms with E-state index in [1.165, 1.54) is 0 Å². The van der Waals surface area contributed by atoms with Gasteiger partial charge < -0.3 is 19.6 Å². The van der Waals surface area contributed by atoms with Crippen LogP contribution < -0.4 is 10.1 Å². The number of hydrogen-bond acceptors (Lipinski definition) is 5. The number of hydrogen-bond donors (Lipinski definition) is 3. The van der Waals surface area contributed by atoms with E-state index in [0.717, 1.165) is 22.9 Å². The maximum absolute atomic E-state index is 11.4. The van der Waals surface area contributed by atoms with E-state index in [2.05, 4.69) is 10.3 Å². The Balaban J connectivity index is 1.70. The molecule has 1 unspecified atom stereocenters. The lowest BCUT2D eigenvalue weighted by Crippen LogP contribution is -2.34. The van der Waals surface area contributed by atoms with Gasteiger partial charge in [-0.2, -0.15) is 0 Å². The highest BCUT2D eigenvalue weighted by Crippen LogP contribution is 2.32. The van der Waals surface area contributed by atoms with E-state index in [4.69, 9.17) is 9.47 Å². The number of benzene rings is 1. The lowest BCUT2D eigenvalue weighted by Gasteiger charge is -2.20. The van der Waals surface area contributed by atoms with Crippen LogP contribution in [0.15, 0.2) is 18.2 Å². The first-order chi connectivity index (χ1) is 12.1. The summed E-state index contributed by atoms with van der Waals surface area (Å²) in [5, 5.41) is 13.3. The Labute approximate surface area is 145 Å². The number of carboxylic acids is 1. The van der Waals surface area contributed by atoms with Crippen molar-refractivity contribution in [2.45, 2.75) is 32.2 Å². The van der Waals surface area contributed by atoms with Gasteiger partial charge >= 0.3 is 11.9 Å². The Morgan fingerprint density at radius 1 is 1.36 bits per heavy atom. The van der Waals surface area contributed by atoms with Crippen LogP contribution in [0.1, 0.15) is 37.1 Å². The molecule has 25 heavy (non-hydrogen) atoms. The molecular weight excluding hydrogens is 324 g/mol. The molecule has 0 fully saturated rings. The fourth-order valence-corrected chi connectivity index (χ4v) is 3.15. The van der Waals surface area contributed by atoms with Crippen LogP contribution in [0.3, 0.4) is 0 Å². The van der Waals surface area contributed by atoms with E-state index in [1.54, 1.807) is 6.92 Å². The van der Waals surface area contributed by atoms with Crippen LogP contribution in [0.2, 0.25) is 0 Å². The third-order valence-electron chi connectivity index (χ3n) is 4.27. The molecule has 0 saturated heterocycles. The van der Waals surface area contributed by atoms with Crippen molar-refractivity contribution >= 4 is 22.8 Å². The van der Waals surface area contributed by atoms with Crippen LogP contribution >= 0.6 is 0 Å². The van der Waals surface area contributed by atoms with Gasteiger partial charge in [-0.05, 0) is 43.5 Å². The Kier molecular flexibility index (Phi) is 5.23. The van der Waals surface area contributed by atoms with Gasteiger partial charge in [0.15, 0.2) is 0 Å². The summed E-state index contributed by atoms with van der Waals surface area (Å²) in [6.07, 6.45) is 1.69. The number of rotatable bonds is 7. The molecule has 0 radical (unpaired) electrons. The molecule has 1 aliphatic rings. The van der Waals surface area contributed by atoms with Crippen molar-refractivity contribution in [1.82, 2.24) is 10.3 Å². The van der Waals surface area contributed by atoms with Gasteiger partial charge in [0.1, 0.15) is 11.8 Å². The molecule has 0 saturated carbocycles. The number of H-pyrrole nitrogens is 1. The number of ether oxygens (including phenoxy) is 2. The van der Waals surface area contributed by atoms with Crippen LogP contribution in [0.4, 0.5) is 0 Å². The molecule has 1 atom stereocenters. The van der Waals surface area contributed by atoms with E-state index < -0.39 is 12.0 Å². The van der Waals surface area contributed by atoms with Gasteiger partial charge in [-0.25, -0.2) is 0 Å². The van der Waals surface area contributed by atoms with E-state index in [1.807, 2.05) is 18.2 Å². The fourth-order valence-electron chi connectivity index (χ4n) is 3.15. The van der Waals surface area contributed by atoms with Crippen molar-refractivity contribution in [3.05, 3.63) is 29.5 Å². The van der Waals surface area contributed by atoms with Crippen molar-refractivity contribution in [2.75, 3.05) is 19.8 Å². The van der Waals surface area contributed by atoms with Crippen molar-refractivity contribution in [3.63, 3.8) is 0 Å². The first-order valence-electron chi connectivity index (χ1n) is 8.49. The Hall–Kier alpha value is -2.54. The number of aromatic nitrogens is 1. The largest absolute Gasteiger partial charge is 0.494 e. The second kappa shape index (κ2) is 7.57. The molecule has 3 N–H and O–H groups in total. The van der Waals surface area contributed by atoms with Gasteiger partial charge in [-0.15, -0.1) is 0 Å². The molecule has 0 bridgehead atoms. The van der Waals surface area contributed by atoms with Crippen LogP contribution in [-0.4, -0.2) is 41.8 Å². The highest BCUT2D eigenvalue weighted by Gasteiger charge is 2.29. The third-order valence-corrected chi connectivity index (χ3v) is 4.27. The maximum Gasteiger partial charge on any atom is 0.326 e. The smallest absolute Gasteiger partial charge is 0.326 e. The van der Waals surface area contributed by atoms with Crippen molar-refractivity contribution < 1.29 is 24.2 Å². The number of nitrogens with one attached hydrogen (secondary N) is 2. The monoisotopic (exact) mass is 346 g/mol. The number of esters is 1. The van der Waals surface area contributed by atoms with Gasteiger partial charge in [0.05, 0.1) is 13.2 Å². The molecule has 2 heterocycles. The highest BCUT2D eigenvalue weighted by atomic mass is 16.5. The SMILES string of the molecule is CCOC(=O)CCCOc1ccc2[nH]c3c(c2c1)CCNC3C(=O)O. The van der Waals surface area contributed by atoms with Gasteiger partial charge in [0, 0.05) is 29.6 Å². The van der Waals surface area contributed by atoms with Crippen LogP contribution in [0.25, 0.3) is 10.9 Å². The standard InChI is InChI=1S/C18H22N2O5/c1-2-24-15(21)4-3-9-25-11-5-6-14-13(10-11)12-7-8-19-17(18(22)23)16(12)20-14/h5-6,10,17,19-20H,2-4,7-9H2,1H3,(H,22,23). The highest BCUT2D eigenvalue weighted by molar-refractivity contribution is 5.89. The zero-order valence-corrected chi connectivity index (χ0v) is 14.1. The van der Waals surface area contributed by atoms with Gasteiger partial charge in [-0.3, -0.25) is 14.9 Å². The molecule has 0 aliphatic carbocycles. The Morgan fingerprint density at radius 2 is 2.20 bits per heavy atom. The fraction of sp³-hybridized carbons (Fsp3) is 0.444. The van der Waals surface area contributed by atoms with Gasteiger partial charge in [0.25, 0.3) is 0 Å². The van der Waals surface area contributed by atoms with E-state index in [-0.39, 0.29) is 5.97 Å². The van der Waals surface area contributed by atoms with E-state index in [9.17, 15) is 14.7 Å². The predicted molar refractivity (Wildman–Crippen MR) is 91.7 cm³/mol. The molecule has 7 heteroatoms. The molecule has 134 valence electrons. The van der Waals surface area contributed by atoms with Gasteiger partial charge in [-0.1, -0.05) is 0 Å². The topological polar surface area (TPSA) is 101 Å². The molecule has 1 aromatic heterocycles. The molecule has 0 spiro atoms. The van der Waals surface area contributed by atoms with Crippen LogP contribution in [0, 0.1) is 0 Å². The summed E-state index contributed by atoms with van der Waals surface area (Å²) >= 11 is 0. The second-order valence-electron chi connectivity index (χ2n) is 5.96. The number of carbonyl (C=O) groups excluding carboxylic acids is 1. The molecule has 7 nitrogen and oxygen atoms in total. The molecule has 0 amide bonds. The Morgan fingerprint density at radius 3 is 2.96 bits per heavy atom.